The molecule has 2 aliphatic rings. The van der Waals surface area contributed by atoms with E-state index < -0.39 is 11.4 Å². The lowest BCUT2D eigenvalue weighted by Crippen LogP contribution is -2.42. The highest BCUT2D eigenvalue weighted by Gasteiger charge is 2.44. The topological polar surface area (TPSA) is 40.5 Å². The molecule has 0 bridgehead atoms. The fourth-order valence-corrected chi connectivity index (χ4v) is 4.09. The van der Waals surface area contributed by atoms with Gasteiger partial charge in [-0.25, -0.2) is 0 Å². The van der Waals surface area contributed by atoms with E-state index in [0.717, 1.165) is 13.0 Å². The van der Waals surface area contributed by atoms with Crippen LogP contribution in [0.1, 0.15) is 50.5 Å². The summed E-state index contributed by atoms with van der Waals surface area (Å²) < 4.78 is 0. The molecule has 3 rings (SSSR count). The van der Waals surface area contributed by atoms with Crippen LogP contribution < -0.4 is 0 Å². The summed E-state index contributed by atoms with van der Waals surface area (Å²) in [4.78, 5) is 13.9. The van der Waals surface area contributed by atoms with E-state index in [4.69, 9.17) is 0 Å². The molecule has 21 heavy (non-hydrogen) atoms. The zero-order chi connectivity index (χ0) is 14.9. The largest absolute Gasteiger partial charge is 0.481 e. The van der Waals surface area contributed by atoms with Crippen LogP contribution in [0, 0.1) is 5.41 Å². The fraction of sp³-hybridized carbons (Fsp3) is 0.611. The maximum absolute atomic E-state index is 11.5. The van der Waals surface area contributed by atoms with Gasteiger partial charge in [-0.15, -0.1) is 0 Å². The van der Waals surface area contributed by atoms with Gasteiger partial charge in [0.25, 0.3) is 0 Å². The molecule has 3 atom stereocenters. The van der Waals surface area contributed by atoms with Crippen LogP contribution in [-0.2, 0) is 4.79 Å². The van der Waals surface area contributed by atoms with Crippen LogP contribution in [0.3, 0.4) is 0 Å². The second-order valence-electron chi connectivity index (χ2n) is 6.96. The Morgan fingerprint density at radius 3 is 2.62 bits per heavy atom. The van der Waals surface area contributed by atoms with Gasteiger partial charge in [0.1, 0.15) is 0 Å². The maximum atomic E-state index is 11.5. The van der Waals surface area contributed by atoms with Crippen molar-refractivity contribution >= 4 is 5.97 Å². The standard InChI is InChI=1S/C18H25NO2/c1-18(17(20)21)11-12-19(13-18)16-10-6-5-9-15(16)14-7-3-2-4-8-14/h2-4,7-8,15-16H,5-6,9-13H2,1H3,(H,20,21). The Balaban J connectivity index is 1.78. The number of hydrogen-bond acceptors (Lipinski definition) is 2. The van der Waals surface area contributed by atoms with E-state index in [9.17, 15) is 9.90 Å². The average Bonchev–Trinajstić information content (AvgIpc) is 2.92. The number of hydrogen-bond donors (Lipinski definition) is 1. The van der Waals surface area contributed by atoms with E-state index in [1.165, 1.54) is 31.2 Å². The molecule has 1 saturated heterocycles. The molecule has 1 aromatic carbocycles. The number of carboxylic acid groups (broad SMARTS) is 1. The average molecular weight is 287 g/mol. The summed E-state index contributed by atoms with van der Waals surface area (Å²) in [6, 6.07) is 11.3. The smallest absolute Gasteiger partial charge is 0.310 e. The molecular formula is C18H25NO2. The molecule has 3 heteroatoms. The number of nitrogens with zero attached hydrogens (tertiary/aromatic N) is 1. The van der Waals surface area contributed by atoms with E-state index in [2.05, 4.69) is 35.2 Å². The van der Waals surface area contributed by atoms with E-state index in [-0.39, 0.29) is 0 Å². The first-order valence-electron chi connectivity index (χ1n) is 8.12. The minimum Gasteiger partial charge on any atom is -0.481 e. The maximum Gasteiger partial charge on any atom is 0.310 e. The Morgan fingerprint density at radius 1 is 1.24 bits per heavy atom. The minimum absolute atomic E-state index is 0.516. The molecule has 1 N–H and O–H groups in total. The van der Waals surface area contributed by atoms with Crippen LogP contribution in [0.5, 0.6) is 0 Å². The van der Waals surface area contributed by atoms with Gasteiger partial charge in [-0.3, -0.25) is 9.69 Å². The number of rotatable bonds is 3. The van der Waals surface area contributed by atoms with Gasteiger partial charge in [0, 0.05) is 12.6 Å². The zero-order valence-corrected chi connectivity index (χ0v) is 12.8. The quantitative estimate of drug-likeness (QED) is 0.925. The van der Waals surface area contributed by atoms with Crippen LogP contribution in [0.4, 0.5) is 0 Å². The van der Waals surface area contributed by atoms with E-state index >= 15 is 0 Å². The van der Waals surface area contributed by atoms with Crippen LogP contribution in [-0.4, -0.2) is 35.1 Å². The Hall–Kier alpha value is -1.35. The molecule has 3 nitrogen and oxygen atoms in total. The first kappa shape index (κ1) is 14.6. The first-order valence-corrected chi connectivity index (χ1v) is 8.12. The fourth-order valence-electron chi connectivity index (χ4n) is 4.09. The van der Waals surface area contributed by atoms with Crippen LogP contribution in [0.2, 0.25) is 0 Å². The third-order valence-electron chi connectivity index (χ3n) is 5.45. The van der Waals surface area contributed by atoms with Gasteiger partial charge in [0.05, 0.1) is 5.41 Å². The highest BCUT2D eigenvalue weighted by atomic mass is 16.4. The summed E-state index contributed by atoms with van der Waals surface area (Å²) in [7, 11) is 0. The minimum atomic E-state index is -0.642. The van der Waals surface area contributed by atoms with Gasteiger partial charge in [-0.2, -0.15) is 0 Å². The third kappa shape index (κ3) is 2.84. The van der Waals surface area contributed by atoms with Gasteiger partial charge in [0.2, 0.25) is 0 Å². The van der Waals surface area contributed by atoms with Crippen molar-refractivity contribution in [2.24, 2.45) is 5.41 Å². The predicted octanol–water partition coefficient (Wildman–Crippen LogP) is 3.51. The molecule has 0 spiro atoms. The molecule has 114 valence electrons. The second kappa shape index (κ2) is 5.80. The number of likely N-dealkylation sites (tertiary alicyclic amines) is 1. The lowest BCUT2D eigenvalue weighted by atomic mass is 9.79. The Labute approximate surface area is 127 Å². The van der Waals surface area contributed by atoms with Gasteiger partial charge < -0.3 is 5.11 Å². The Morgan fingerprint density at radius 2 is 1.95 bits per heavy atom. The van der Waals surface area contributed by atoms with Crippen molar-refractivity contribution < 1.29 is 9.90 Å². The number of carbonyl (C=O) groups is 1. The highest BCUT2D eigenvalue weighted by molar-refractivity contribution is 5.74. The van der Waals surface area contributed by atoms with Crippen molar-refractivity contribution in [1.29, 1.82) is 0 Å². The normalized spacial score (nSPS) is 34.0. The molecule has 2 fully saturated rings. The molecule has 1 saturated carbocycles. The molecule has 1 aromatic rings. The zero-order valence-electron chi connectivity index (χ0n) is 12.8. The number of aliphatic carboxylic acids is 1. The molecule has 3 unspecified atom stereocenters. The van der Waals surface area contributed by atoms with Crippen LogP contribution >= 0.6 is 0 Å². The summed E-state index contributed by atoms with van der Waals surface area (Å²) in [5.74, 6) is -0.0758. The van der Waals surface area contributed by atoms with Crippen LogP contribution in [0.15, 0.2) is 30.3 Å². The van der Waals surface area contributed by atoms with Crippen molar-refractivity contribution in [3.05, 3.63) is 35.9 Å². The van der Waals surface area contributed by atoms with E-state index in [1.54, 1.807) is 0 Å². The van der Waals surface area contributed by atoms with Gasteiger partial charge in [-0.05, 0) is 44.2 Å². The van der Waals surface area contributed by atoms with Crippen molar-refractivity contribution in [3.63, 3.8) is 0 Å². The number of benzene rings is 1. The highest BCUT2D eigenvalue weighted by Crippen LogP contribution is 2.40. The van der Waals surface area contributed by atoms with E-state index in [1.807, 2.05) is 6.92 Å². The summed E-state index contributed by atoms with van der Waals surface area (Å²) in [6.45, 7) is 3.53. The lowest BCUT2D eigenvalue weighted by Gasteiger charge is -2.39. The second-order valence-corrected chi connectivity index (χ2v) is 6.96. The molecular weight excluding hydrogens is 262 g/mol. The molecule has 0 amide bonds. The third-order valence-corrected chi connectivity index (χ3v) is 5.45. The van der Waals surface area contributed by atoms with Gasteiger partial charge in [0.15, 0.2) is 0 Å². The van der Waals surface area contributed by atoms with Crippen molar-refractivity contribution in [2.75, 3.05) is 13.1 Å². The Bertz CT molecular complexity index is 501. The SMILES string of the molecule is CC1(C(=O)O)CCN(C2CCCCC2c2ccccc2)C1. The van der Waals surface area contributed by atoms with Crippen molar-refractivity contribution in [2.45, 2.75) is 51.0 Å². The monoisotopic (exact) mass is 287 g/mol. The molecule has 0 aromatic heterocycles. The molecule has 1 heterocycles. The summed E-state index contributed by atoms with van der Waals surface area (Å²) >= 11 is 0. The molecule has 1 aliphatic heterocycles. The van der Waals surface area contributed by atoms with Gasteiger partial charge in [-0.1, -0.05) is 43.2 Å². The van der Waals surface area contributed by atoms with Crippen LogP contribution in [0.25, 0.3) is 0 Å². The van der Waals surface area contributed by atoms with Gasteiger partial charge >= 0.3 is 5.97 Å². The summed E-state index contributed by atoms with van der Waals surface area (Å²) in [6.07, 6.45) is 5.78. The summed E-state index contributed by atoms with van der Waals surface area (Å²) in [5, 5.41) is 9.44. The molecule has 0 radical (unpaired) electrons. The van der Waals surface area contributed by atoms with E-state index in [0.29, 0.717) is 18.5 Å². The predicted molar refractivity (Wildman–Crippen MR) is 83.4 cm³/mol. The summed E-state index contributed by atoms with van der Waals surface area (Å²) in [5.41, 5.74) is 0.865. The molecule has 1 aliphatic carbocycles. The first-order chi connectivity index (χ1) is 10.1. The van der Waals surface area contributed by atoms with Crippen molar-refractivity contribution in [1.82, 2.24) is 4.90 Å². The van der Waals surface area contributed by atoms with Crippen molar-refractivity contribution in [3.8, 4) is 0 Å². The Kier molecular flexibility index (Phi) is 4.03. The number of carboxylic acids is 1. The lowest BCUT2D eigenvalue weighted by molar-refractivity contribution is -0.147.